The number of esters is 2. The maximum Gasteiger partial charge on any atom is 0.306 e. The van der Waals surface area contributed by atoms with E-state index in [9.17, 15) is 9.59 Å². The minimum absolute atomic E-state index is 0.0356. The van der Waals surface area contributed by atoms with E-state index < -0.39 is 6.10 Å². The van der Waals surface area contributed by atoms with Gasteiger partial charge in [0.1, 0.15) is 6.61 Å². The van der Waals surface area contributed by atoms with Crippen LogP contribution in [0.2, 0.25) is 0 Å². The van der Waals surface area contributed by atoms with Gasteiger partial charge in [-0.25, -0.2) is 0 Å². The van der Waals surface area contributed by atoms with Crippen molar-refractivity contribution in [2.75, 3.05) is 19.8 Å². The van der Waals surface area contributed by atoms with Crippen LogP contribution in [0.1, 0.15) is 201 Å². The highest BCUT2D eigenvalue weighted by Crippen LogP contribution is 2.12. The molecule has 0 aromatic carbocycles. The van der Waals surface area contributed by atoms with Gasteiger partial charge in [0.05, 0.1) is 6.61 Å². The molecule has 0 saturated heterocycles. The molecule has 0 N–H and O–H groups in total. The molecule has 330 valence electrons. The Morgan fingerprint density at radius 2 is 0.810 bits per heavy atom. The maximum absolute atomic E-state index is 12.7. The van der Waals surface area contributed by atoms with Crippen molar-refractivity contribution in [1.82, 2.24) is 0 Å². The zero-order chi connectivity index (χ0) is 42.1. The van der Waals surface area contributed by atoms with Gasteiger partial charge in [-0.2, -0.15) is 0 Å². The number of carbonyl (C=O) groups is 2. The van der Waals surface area contributed by atoms with E-state index in [1.807, 2.05) is 6.08 Å². The lowest BCUT2D eigenvalue weighted by Crippen LogP contribution is -2.30. The lowest BCUT2D eigenvalue weighted by atomic mass is 10.1. The van der Waals surface area contributed by atoms with Gasteiger partial charge in [0.2, 0.25) is 0 Å². The summed E-state index contributed by atoms with van der Waals surface area (Å²) >= 11 is 0. The number of hydrogen-bond donors (Lipinski definition) is 0. The smallest absolute Gasteiger partial charge is 0.306 e. The minimum atomic E-state index is -0.575. The van der Waals surface area contributed by atoms with Crippen molar-refractivity contribution in [3.63, 3.8) is 0 Å². The Morgan fingerprint density at radius 1 is 0.397 bits per heavy atom. The number of hydrogen-bond acceptors (Lipinski definition) is 5. The average molecular weight is 805 g/mol. The van der Waals surface area contributed by atoms with Gasteiger partial charge >= 0.3 is 11.9 Å². The normalized spacial score (nSPS) is 13.1. The molecule has 0 fully saturated rings. The van der Waals surface area contributed by atoms with E-state index in [4.69, 9.17) is 14.2 Å². The molecule has 1 atom stereocenters. The molecule has 0 aliphatic carbocycles. The highest BCUT2D eigenvalue weighted by Gasteiger charge is 2.17. The van der Waals surface area contributed by atoms with Crippen LogP contribution in [-0.2, 0) is 23.8 Å². The van der Waals surface area contributed by atoms with Crippen LogP contribution in [0.3, 0.4) is 0 Å². The number of ether oxygens (including phenoxy) is 3. The molecule has 0 aromatic rings. The van der Waals surface area contributed by atoms with E-state index in [2.05, 4.69) is 112 Å². The van der Waals surface area contributed by atoms with E-state index in [1.165, 1.54) is 77.0 Å². The first-order valence-electron chi connectivity index (χ1n) is 23.8. The third-order valence-electron chi connectivity index (χ3n) is 9.62. The van der Waals surface area contributed by atoms with Crippen LogP contribution in [0.15, 0.2) is 97.2 Å². The Labute approximate surface area is 358 Å². The van der Waals surface area contributed by atoms with E-state index in [0.29, 0.717) is 25.9 Å². The predicted octanol–water partition coefficient (Wildman–Crippen LogP) is 15.9. The van der Waals surface area contributed by atoms with Crippen LogP contribution in [-0.4, -0.2) is 37.9 Å². The molecule has 0 spiro atoms. The number of rotatable bonds is 42. The average Bonchev–Trinajstić information content (AvgIpc) is 3.22. The first-order valence-corrected chi connectivity index (χ1v) is 23.8. The first-order chi connectivity index (χ1) is 28.6. The van der Waals surface area contributed by atoms with Crippen molar-refractivity contribution in [1.29, 1.82) is 0 Å². The van der Waals surface area contributed by atoms with Crippen molar-refractivity contribution in [3.05, 3.63) is 97.2 Å². The SMILES string of the molecule is CC/C=C\C/C=C\C/C=C\C/C=C\C/C=C\C/C=C\CCC(=O)OCC(COCCCCCCCCCC)OC(=O)CCCCCCC/C=C\C/C=C\CCCCC. The molecule has 5 nitrogen and oxygen atoms in total. The molecule has 58 heavy (non-hydrogen) atoms. The van der Waals surface area contributed by atoms with Crippen molar-refractivity contribution in [3.8, 4) is 0 Å². The van der Waals surface area contributed by atoms with Crippen LogP contribution in [0, 0.1) is 0 Å². The van der Waals surface area contributed by atoms with E-state index >= 15 is 0 Å². The van der Waals surface area contributed by atoms with Gasteiger partial charge in [-0.05, 0) is 89.9 Å². The van der Waals surface area contributed by atoms with E-state index in [1.54, 1.807) is 0 Å². The Hall–Kier alpha value is -3.18. The quantitative estimate of drug-likeness (QED) is 0.0349. The second-order valence-corrected chi connectivity index (χ2v) is 15.3. The second-order valence-electron chi connectivity index (χ2n) is 15.3. The fraction of sp³-hybridized carbons (Fsp3) is 0.660. The van der Waals surface area contributed by atoms with Crippen molar-refractivity contribution < 1.29 is 23.8 Å². The Kier molecular flexibility index (Phi) is 45.5. The van der Waals surface area contributed by atoms with Crippen molar-refractivity contribution >= 4 is 11.9 Å². The Morgan fingerprint density at radius 3 is 1.34 bits per heavy atom. The summed E-state index contributed by atoms with van der Waals surface area (Å²) in [5.74, 6) is -0.516. The summed E-state index contributed by atoms with van der Waals surface area (Å²) in [7, 11) is 0. The highest BCUT2D eigenvalue weighted by molar-refractivity contribution is 5.70. The van der Waals surface area contributed by atoms with Gasteiger partial charge in [-0.3, -0.25) is 9.59 Å². The van der Waals surface area contributed by atoms with Crippen LogP contribution in [0.4, 0.5) is 0 Å². The summed E-state index contributed by atoms with van der Waals surface area (Å²) < 4.78 is 17.2. The molecule has 0 heterocycles. The number of unbranched alkanes of at least 4 members (excludes halogenated alkanes) is 15. The fourth-order valence-corrected chi connectivity index (χ4v) is 6.09. The molecule has 0 radical (unpaired) electrons. The number of allylic oxidation sites excluding steroid dienone is 16. The van der Waals surface area contributed by atoms with Gasteiger partial charge in [0.15, 0.2) is 6.10 Å². The fourth-order valence-electron chi connectivity index (χ4n) is 6.09. The molecule has 0 amide bonds. The van der Waals surface area contributed by atoms with E-state index in [0.717, 1.165) is 83.5 Å². The van der Waals surface area contributed by atoms with Crippen LogP contribution >= 0.6 is 0 Å². The topological polar surface area (TPSA) is 61.8 Å². The molecular formula is C53H88O5. The molecule has 0 saturated carbocycles. The van der Waals surface area contributed by atoms with E-state index in [-0.39, 0.29) is 25.2 Å². The van der Waals surface area contributed by atoms with Gasteiger partial charge in [-0.15, -0.1) is 0 Å². The summed E-state index contributed by atoms with van der Waals surface area (Å²) in [4.78, 5) is 25.2. The van der Waals surface area contributed by atoms with Crippen LogP contribution in [0.25, 0.3) is 0 Å². The Balaban J connectivity index is 4.35. The molecule has 1 unspecified atom stereocenters. The minimum Gasteiger partial charge on any atom is -0.462 e. The maximum atomic E-state index is 12.7. The molecule has 5 heteroatoms. The van der Waals surface area contributed by atoms with Gasteiger partial charge in [0, 0.05) is 19.4 Å². The monoisotopic (exact) mass is 805 g/mol. The molecule has 0 bridgehead atoms. The molecular weight excluding hydrogens is 717 g/mol. The van der Waals surface area contributed by atoms with Crippen LogP contribution < -0.4 is 0 Å². The standard InChI is InChI=1S/C53H88O5/c1-4-7-10-13-16-19-21-23-25-26-27-28-30-31-33-35-37-40-43-46-52(54)57-50-51(49-56-48-45-42-39-18-15-12-9-6-3)58-53(55)47-44-41-38-36-34-32-29-24-22-20-17-14-11-8-5-2/h7,10,16-17,19-20,23-25,27-29,31,33,37,40,51H,4-6,8-9,11-15,18,21-22,26,30,32,34-36,38-39,41-50H2,1-3H3/b10-7-,19-16-,20-17-,25-23-,28-27-,29-24-,33-31-,40-37-. The summed E-state index contributed by atoms with van der Waals surface area (Å²) in [5.41, 5.74) is 0. The summed E-state index contributed by atoms with van der Waals surface area (Å²) in [5, 5.41) is 0. The largest absolute Gasteiger partial charge is 0.462 e. The van der Waals surface area contributed by atoms with Crippen molar-refractivity contribution in [2.24, 2.45) is 0 Å². The summed E-state index contributed by atoms with van der Waals surface area (Å²) in [6, 6.07) is 0. The zero-order valence-electron chi connectivity index (χ0n) is 37.8. The third kappa shape index (κ3) is 45.5. The zero-order valence-corrected chi connectivity index (χ0v) is 37.8. The number of carbonyl (C=O) groups excluding carboxylic acids is 2. The summed E-state index contributed by atoms with van der Waals surface area (Å²) in [6.45, 7) is 7.56. The molecule has 0 aliphatic heterocycles. The first kappa shape index (κ1) is 54.8. The lowest BCUT2D eigenvalue weighted by Gasteiger charge is -2.18. The third-order valence-corrected chi connectivity index (χ3v) is 9.62. The van der Waals surface area contributed by atoms with Gasteiger partial charge in [0.25, 0.3) is 0 Å². The molecule has 0 aromatic heterocycles. The summed E-state index contributed by atoms with van der Waals surface area (Å²) in [6.07, 6.45) is 64.2. The Bertz CT molecular complexity index is 1140. The highest BCUT2D eigenvalue weighted by atomic mass is 16.6. The predicted molar refractivity (Wildman–Crippen MR) is 251 cm³/mol. The van der Waals surface area contributed by atoms with Gasteiger partial charge in [-0.1, -0.05) is 195 Å². The van der Waals surface area contributed by atoms with Crippen molar-refractivity contribution in [2.45, 2.75) is 207 Å². The van der Waals surface area contributed by atoms with Gasteiger partial charge < -0.3 is 14.2 Å². The van der Waals surface area contributed by atoms with Crippen LogP contribution in [0.5, 0.6) is 0 Å². The molecule has 0 rings (SSSR count). The second kappa shape index (κ2) is 48.2. The lowest BCUT2D eigenvalue weighted by molar-refractivity contribution is -0.162. The molecule has 0 aliphatic rings.